The minimum absolute atomic E-state index is 0.654. The predicted molar refractivity (Wildman–Crippen MR) is 118 cm³/mol. The van der Waals surface area contributed by atoms with Gasteiger partial charge in [-0.3, -0.25) is 0 Å². The summed E-state index contributed by atoms with van der Waals surface area (Å²) >= 11 is 1.58. The number of ether oxygens (including phenoxy) is 1. The molecule has 0 bridgehead atoms. The number of hydrogen-bond acceptors (Lipinski definition) is 6. The van der Waals surface area contributed by atoms with Crippen molar-refractivity contribution in [2.45, 2.75) is 32.6 Å². The van der Waals surface area contributed by atoms with Crippen molar-refractivity contribution >= 4 is 32.5 Å². The van der Waals surface area contributed by atoms with Gasteiger partial charge in [0.2, 0.25) is 0 Å². The molecule has 2 aromatic heterocycles. The van der Waals surface area contributed by atoms with Crippen molar-refractivity contribution in [3.8, 4) is 17.0 Å². The van der Waals surface area contributed by atoms with Crippen LogP contribution in [-0.2, 0) is 12.8 Å². The van der Waals surface area contributed by atoms with Crippen LogP contribution in [0, 0.1) is 0 Å². The highest BCUT2D eigenvalue weighted by molar-refractivity contribution is 7.22. The van der Waals surface area contributed by atoms with Gasteiger partial charge in [-0.2, -0.15) is 0 Å². The van der Waals surface area contributed by atoms with Crippen molar-refractivity contribution in [1.29, 1.82) is 0 Å². The second-order valence-corrected chi connectivity index (χ2v) is 8.23. The molecule has 146 valence electrons. The summed E-state index contributed by atoms with van der Waals surface area (Å²) < 4.78 is 6.65. The molecule has 0 unspecified atom stereocenters. The Morgan fingerprint density at radius 1 is 0.966 bits per heavy atom. The van der Waals surface area contributed by atoms with E-state index in [1.165, 1.54) is 36.8 Å². The quantitative estimate of drug-likeness (QED) is 0.459. The number of fused-ring (bicyclic) bond motifs is 2. The van der Waals surface area contributed by atoms with Gasteiger partial charge in [0.1, 0.15) is 5.75 Å². The van der Waals surface area contributed by atoms with E-state index in [2.05, 4.69) is 38.7 Å². The first kappa shape index (κ1) is 18.1. The first-order chi connectivity index (χ1) is 14.3. The van der Waals surface area contributed by atoms with Crippen molar-refractivity contribution in [3.63, 3.8) is 0 Å². The number of benzene rings is 2. The molecule has 5 rings (SSSR count). The number of aryl methyl sites for hydroxylation is 2. The van der Waals surface area contributed by atoms with E-state index in [1.807, 2.05) is 37.3 Å². The Kier molecular flexibility index (Phi) is 4.86. The normalized spacial score (nSPS) is 13.3. The number of aromatic nitrogens is 3. The molecule has 0 atom stereocenters. The zero-order valence-corrected chi connectivity index (χ0v) is 17.1. The fourth-order valence-electron chi connectivity index (χ4n) is 3.77. The van der Waals surface area contributed by atoms with Crippen LogP contribution >= 0.6 is 11.3 Å². The van der Waals surface area contributed by atoms with Gasteiger partial charge in [-0.15, -0.1) is 10.2 Å². The van der Waals surface area contributed by atoms with Gasteiger partial charge in [0, 0.05) is 5.56 Å². The molecule has 0 saturated heterocycles. The average Bonchev–Trinajstić information content (AvgIpc) is 3.16. The molecule has 2 aromatic carbocycles. The molecule has 1 aliphatic rings. The van der Waals surface area contributed by atoms with Gasteiger partial charge in [-0.05, 0) is 80.1 Å². The molecule has 0 amide bonds. The second kappa shape index (κ2) is 7.79. The van der Waals surface area contributed by atoms with E-state index >= 15 is 0 Å². The van der Waals surface area contributed by atoms with Gasteiger partial charge in [0.15, 0.2) is 10.9 Å². The Hall–Kier alpha value is -2.99. The fourth-order valence-corrected chi connectivity index (χ4v) is 4.67. The maximum absolute atomic E-state index is 5.57. The number of hydrogen-bond donors (Lipinski definition) is 1. The maximum atomic E-state index is 5.57. The molecule has 1 aliphatic carbocycles. The molecular formula is C23H22N4OS. The number of anilines is 2. The molecular weight excluding hydrogens is 380 g/mol. The van der Waals surface area contributed by atoms with Crippen LogP contribution in [0.2, 0.25) is 0 Å². The van der Waals surface area contributed by atoms with Crippen molar-refractivity contribution in [2.24, 2.45) is 0 Å². The smallest absolute Gasteiger partial charge is 0.189 e. The molecule has 2 heterocycles. The third-order valence-corrected chi connectivity index (χ3v) is 6.15. The van der Waals surface area contributed by atoms with Crippen LogP contribution in [0.15, 0.2) is 48.5 Å². The van der Waals surface area contributed by atoms with E-state index in [4.69, 9.17) is 4.74 Å². The van der Waals surface area contributed by atoms with Crippen LogP contribution < -0.4 is 10.1 Å². The van der Waals surface area contributed by atoms with Crippen LogP contribution in [0.1, 0.15) is 30.9 Å². The molecule has 0 fully saturated rings. The average molecular weight is 403 g/mol. The summed E-state index contributed by atoms with van der Waals surface area (Å²) in [4.78, 5) is 4.62. The topological polar surface area (TPSA) is 59.9 Å². The number of rotatable bonds is 5. The Bertz CT molecular complexity index is 1150. The highest BCUT2D eigenvalue weighted by Crippen LogP contribution is 2.31. The zero-order chi connectivity index (χ0) is 19.6. The molecule has 0 radical (unpaired) electrons. The van der Waals surface area contributed by atoms with E-state index in [0.29, 0.717) is 12.4 Å². The standard InChI is InChI=1S/C23H22N4OS/c1-2-28-18-9-10-20-21(14-18)29-23(24-20)25-22-12-11-19(26-27-22)17-8-7-15-5-3-4-6-16(15)13-17/h7-14H,2-6H2,1H3,(H,24,25,27). The fraction of sp³-hybridized carbons (Fsp3) is 0.261. The van der Waals surface area contributed by atoms with Gasteiger partial charge in [-0.1, -0.05) is 23.5 Å². The third kappa shape index (κ3) is 3.80. The summed E-state index contributed by atoms with van der Waals surface area (Å²) in [7, 11) is 0. The summed E-state index contributed by atoms with van der Waals surface area (Å²) in [6, 6.07) is 16.6. The van der Waals surface area contributed by atoms with Crippen LogP contribution in [0.3, 0.4) is 0 Å². The highest BCUT2D eigenvalue weighted by atomic mass is 32.1. The van der Waals surface area contributed by atoms with Crippen LogP contribution in [0.4, 0.5) is 10.9 Å². The first-order valence-electron chi connectivity index (χ1n) is 10.0. The van der Waals surface area contributed by atoms with Crippen LogP contribution in [0.5, 0.6) is 5.75 Å². The largest absolute Gasteiger partial charge is 0.494 e. The Morgan fingerprint density at radius 2 is 1.86 bits per heavy atom. The lowest BCUT2D eigenvalue weighted by Crippen LogP contribution is -2.02. The minimum Gasteiger partial charge on any atom is -0.494 e. The van der Waals surface area contributed by atoms with E-state index < -0.39 is 0 Å². The van der Waals surface area contributed by atoms with Crippen LogP contribution in [0.25, 0.3) is 21.5 Å². The molecule has 5 nitrogen and oxygen atoms in total. The van der Waals surface area contributed by atoms with E-state index in [9.17, 15) is 0 Å². The van der Waals surface area contributed by atoms with Crippen molar-refractivity contribution in [2.75, 3.05) is 11.9 Å². The summed E-state index contributed by atoms with van der Waals surface area (Å²) in [5, 5.41) is 12.9. The van der Waals surface area contributed by atoms with Gasteiger partial charge >= 0.3 is 0 Å². The molecule has 1 N–H and O–H groups in total. The first-order valence-corrected chi connectivity index (χ1v) is 10.9. The molecule has 0 spiro atoms. The monoisotopic (exact) mass is 402 g/mol. The Labute approximate surface area is 173 Å². The van der Waals surface area contributed by atoms with Crippen LogP contribution in [-0.4, -0.2) is 21.8 Å². The van der Waals surface area contributed by atoms with Gasteiger partial charge < -0.3 is 10.1 Å². The van der Waals surface area contributed by atoms with E-state index in [1.54, 1.807) is 11.3 Å². The SMILES string of the molecule is CCOc1ccc2nc(Nc3ccc(-c4ccc5c(c4)CCCC5)nn3)sc2c1. The lowest BCUT2D eigenvalue weighted by molar-refractivity contribution is 0.341. The van der Waals surface area contributed by atoms with E-state index in [-0.39, 0.29) is 0 Å². The highest BCUT2D eigenvalue weighted by Gasteiger charge is 2.11. The number of nitrogens with zero attached hydrogens (tertiary/aromatic N) is 3. The summed E-state index contributed by atoms with van der Waals surface area (Å²) in [5.41, 5.74) is 5.91. The zero-order valence-electron chi connectivity index (χ0n) is 16.3. The minimum atomic E-state index is 0.654. The molecule has 29 heavy (non-hydrogen) atoms. The van der Waals surface area contributed by atoms with Crippen molar-refractivity contribution in [1.82, 2.24) is 15.2 Å². The summed E-state index contributed by atoms with van der Waals surface area (Å²) in [6.07, 6.45) is 4.93. The van der Waals surface area contributed by atoms with Gasteiger partial charge in [-0.25, -0.2) is 4.98 Å². The Morgan fingerprint density at radius 3 is 2.69 bits per heavy atom. The van der Waals surface area contributed by atoms with Gasteiger partial charge in [0.05, 0.1) is 22.5 Å². The van der Waals surface area contributed by atoms with E-state index in [0.717, 1.165) is 32.4 Å². The summed E-state index contributed by atoms with van der Waals surface area (Å²) in [6.45, 7) is 2.64. The number of thiazole rings is 1. The lowest BCUT2D eigenvalue weighted by Gasteiger charge is -2.16. The predicted octanol–water partition coefficient (Wildman–Crippen LogP) is 5.77. The van der Waals surface area contributed by atoms with Gasteiger partial charge in [0.25, 0.3) is 0 Å². The van der Waals surface area contributed by atoms with Crippen molar-refractivity contribution in [3.05, 3.63) is 59.7 Å². The Balaban J connectivity index is 1.34. The second-order valence-electron chi connectivity index (χ2n) is 7.20. The maximum Gasteiger partial charge on any atom is 0.189 e. The lowest BCUT2D eigenvalue weighted by atomic mass is 9.90. The number of nitrogens with one attached hydrogen (secondary N) is 1. The van der Waals surface area contributed by atoms with Crippen molar-refractivity contribution < 1.29 is 4.74 Å². The molecule has 0 saturated carbocycles. The molecule has 4 aromatic rings. The molecule has 0 aliphatic heterocycles. The molecule has 6 heteroatoms. The summed E-state index contributed by atoms with van der Waals surface area (Å²) in [5.74, 6) is 1.56. The third-order valence-electron chi connectivity index (χ3n) is 5.21.